The fourth-order valence-corrected chi connectivity index (χ4v) is 2.41. The Hall–Kier alpha value is -1.33. The molecule has 1 aromatic heterocycles. The van der Waals surface area contributed by atoms with Crippen molar-refractivity contribution in [3.63, 3.8) is 0 Å². The average molecular weight is 266 g/mol. The van der Waals surface area contributed by atoms with E-state index in [1.807, 2.05) is 0 Å². The van der Waals surface area contributed by atoms with Crippen molar-refractivity contribution in [1.82, 2.24) is 10.3 Å². The molecule has 0 radical (unpaired) electrons. The van der Waals surface area contributed by atoms with Gasteiger partial charge in [-0.3, -0.25) is 4.98 Å². The van der Waals surface area contributed by atoms with E-state index in [1.165, 1.54) is 6.42 Å². The average Bonchev–Trinajstić information content (AvgIpc) is 2.41. The van der Waals surface area contributed by atoms with E-state index in [-0.39, 0.29) is 5.60 Å². The number of nitrogens with zero attached hydrogens (tertiary/aromatic N) is 1. The molecule has 5 nitrogen and oxygen atoms in total. The van der Waals surface area contributed by atoms with Gasteiger partial charge in [0.25, 0.3) is 0 Å². The van der Waals surface area contributed by atoms with E-state index in [1.54, 1.807) is 33.6 Å². The summed E-state index contributed by atoms with van der Waals surface area (Å²) in [5.41, 5.74) is 0.874. The van der Waals surface area contributed by atoms with Gasteiger partial charge in [0.1, 0.15) is 0 Å². The molecule has 1 saturated carbocycles. The number of methoxy groups -OCH3 is 3. The van der Waals surface area contributed by atoms with E-state index in [9.17, 15) is 0 Å². The molecular formula is C14H22N2O3. The van der Waals surface area contributed by atoms with Crippen LogP contribution in [0.3, 0.4) is 0 Å². The first-order valence-electron chi connectivity index (χ1n) is 6.56. The van der Waals surface area contributed by atoms with Crippen molar-refractivity contribution in [2.45, 2.75) is 31.4 Å². The van der Waals surface area contributed by atoms with Crippen molar-refractivity contribution in [2.24, 2.45) is 0 Å². The summed E-state index contributed by atoms with van der Waals surface area (Å²) in [5.74, 6) is 1.40. The van der Waals surface area contributed by atoms with Crippen molar-refractivity contribution in [2.75, 3.05) is 27.9 Å². The maximum atomic E-state index is 5.57. The zero-order valence-corrected chi connectivity index (χ0v) is 11.9. The molecule has 5 heteroatoms. The van der Waals surface area contributed by atoms with Crippen LogP contribution in [0.2, 0.25) is 0 Å². The summed E-state index contributed by atoms with van der Waals surface area (Å²) in [6.45, 7) is 1.48. The van der Waals surface area contributed by atoms with Crippen LogP contribution in [0.25, 0.3) is 0 Å². The molecule has 0 aromatic carbocycles. The Morgan fingerprint density at radius 3 is 2.58 bits per heavy atom. The van der Waals surface area contributed by atoms with E-state index < -0.39 is 0 Å². The Bertz CT molecular complexity index is 414. The van der Waals surface area contributed by atoms with Crippen molar-refractivity contribution >= 4 is 0 Å². The molecule has 1 N–H and O–H groups in total. The standard InChI is InChI=1S/C14H22N2O3/c1-17-12-5-8-16-11(13(12)18-2)9-15-10-14(19-3)6-4-7-14/h5,8,15H,4,6-7,9-10H2,1-3H3. The maximum absolute atomic E-state index is 5.57. The highest BCUT2D eigenvalue weighted by molar-refractivity contribution is 5.42. The summed E-state index contributed by atoms with van der Waals surface area (Å²) < 4.78 is 16.2. The molecule has 1 heterocycles. The first-order valence-corrected chi connectivity index (χ1v) is 6.56. The van der Waals surface area contributed by atoms with E-state index >= 15 is 0 Å². The minimum absolute atomic E-state index is 0.0199. The van der Waals surface area contributed by atoms with Gasteiger partial charge in [0, 0.05) is 32.5 Å². The molecular weight excluding hydrogens is 244 g/mol. The Morgan fingerprint density at radius 2 is 2.05 bits per heavy atom. The molecule has 1 aliphatic carbocycles. The minimum Gasteiger partial charge on any atom is -0.493 e. The predicted octanol–water partition coefficient (Wildman–Crippen LogP) is 1.76. The fourth-order valence-electron chi connectivity index (χ4n) is 2.41. The van der Waals surface area contributed by atoms with Crippen LogP contribution >= 0.6 is 0 Å². The highest BCUT2D eigenvalue weighted by atomic mass is 16.5. The van der Waals surface area contributed by atoms with Crippen molar-refractivity contribution in [3.05, 3.63) is 18.0 Å². The first-order chi connectivity index (χ1) is 9.24. The Balaban J connectivity index is 1.95. The van der Waals surface area contributed by atoms with Gasteiger partial charge in [-0.2, -0.15) is 0 Å². The fraction of sp³-hybridized carbons (Fsp3) is 0.643. The Kier molecular flexibility index (Phi) is 4.61. The van der Waals surface area contributed by atoms with Gasteiger partial charge < -0.3 is 19.5 Å². The van der Waals surface area contributed by atoms with E-state index in [0.29, 0.717) is 18.0 Å². The highest BCUT2D eigenvalue weighted by Crippen LogP contribution is 2.34. The van der Waals surface area contributed by atoms with Gasteiger partial charge in [-0.25, -0.2) is 0 Å². The Morgan fingerprint density at radius 1 is 1.26 bits per heavy atom. The highest BCUT2D eigenvalue weighted by Gasteiger charge is 2.36. The Labute approximate surface area is 114 Å². The summed E-state index contributed by atoms with van der Waals surface area (Å²) in [6, 6.07) is 1.80. The SMILES string of the molecule is COc1ccnc(CNCC2(OC)CCC2)c1OC. The molecule has 0 aliphatic heterocycles. The smallest absolute Gasteiger partial charge is 0.183 e. The predicted molar refractivity (Wildman–Crippen MR) is 72.6 cm³/mol. The van der Waals surface area contributed by atoms with Gasteiger partial charge in [0.2, 0.25) is 0 Å². The lowest BCUT2D eigenvalue weighted by atomic mass is 9.80. The lowest BCUT2D eigenvalue weighted by molar-refractivity contribution is -0.0696. The van der Waals surface area contributed by atoms with Gasteiger partial charge in [-0.05, 0) is 19.3 Å². The molecule has 0 spiro atoms. The zero-order chi connectivity index (χ0) is 13.7. The van der Waals surface area contributed by atoms with Gasteiger partial charge in [0.15, 0.2) is 11.5 Å². The van der Waals surface area contributed by atoms with Crippen molar-refractivity contribution < 1.29 is 14.2 Å². The number of rotatable bonds is 7. The van der Waals surface area contributed by atoms with Crippen molar-refractivity contribution in [1.29, 1.82) is 0 Å². The molecule has 0 saturated heterocycles. The van der Waals surface area contributed by atoms with Gasteiger partial charge in [-0.1, -0.05) is 0 Å². The molecule has 0 amide bonds. The molecule has 0 unspecified atom stereocenters. The second kappa shape index (κ2) is 6.21. The third-order valence-corrected chi connectivity index (χ3v) is 3.80. The van der Waals surface area contributed by atoms with Crippen LogP contribution in [0, 0.1) is 0 Å². The van der Waals surface area contributed by atoms with Crippen LogP contribution in [0.15, 0.2) is 12.3 Å². The number of nitrogens with one attached hydrogen (secondary N) is 1. The summed E-state index contributed by atoms with van der Waals surface area (Å²) in [6.07, 6.45) is 5.22. The van der Waals surface area contributed by atoms with E-state index in [0.717, 1.165) is 25.1 Å². The zero-order valence-electron chi connectivity index (χ0n) is 11.9. The molecule has 2 rings (SSSR count). The number of hydrogen-bond donors (Lipinski definition) is 1. The van der Waals surface area contributed by atoms with Gasteiger partial charge >= 0.3 is 0 Å². The quantitative estimate of drug-likeness (QED) is 0.815. The monoisotopic (exact) mass is 266 g/mol. The summed E-state index contributed by atoms with van der Waals surface area (Å²) >= 11 is 0. The maximum Gasteiger partial charge on any atom is 0.183 e. The minimum atomic E-state index is 0.0199. The van der Waals surface area contributed by atoms with E-state index in [2.05, 4.69) is 10.3 Å². The normalized spacial score (nSPS) is 16.8. The summed E-state index contributed by atoms with van der Waals surface area (Å²) in [5, 5.41) is 3.40. The van der Waals surface area contributed by atoms with Crippen LogP contribution in [0.5, 0.6) is 11.5 Å². The van der Waals surface area contributed by atoms with Crippen LogP contribution in [0.4, 0.5) is 0 Å². The largest absolute Gasteiger partial charge is 0.493 e. The number of aromatic nitrogens is 1. The third-order valence-electron chi connectivity index (χ3n) is 3.80. The molecule has 0 atom stereocenters. The molecule has 1 fully saturated rings. The topological polar surface area (TPSA) is 52.6 Å². The van der Waals surface area contributed by atoms with Crippen LogP contribution in [-0.2, 0) is 11.3 Å². The number of hydrogen-bond acceptors (Lipinski definition) is 5. The van der Waals surface area contributed by atoms with Gasteiger partial charge in [-0.15, -0.1) is 0 Å². The second-order valence-corrected chi connectivity index (χ2v) is 4.84. The van der Waals surface area contributed by atoms with Crippen LogP contribution in [-0.4, -0.2) is 38.5 Å². The summed E-state index contributed by atoms with van der Waals surface area (Å²) in [7, 11) is 5.04. The second-order valence-electron chi connectivity index (χ2n) is 4.84. The van der Waals surface area contributed by atoms with E-state index in [4.69, 9.17) is 14.2 Å². The van der Waals surface area contributed by atoms with Crippen LogP contribution < -0.4 is 14.8 Å². The summed E-state index contributed by atoms with van der Waals surface area (Å²) in [4.78, 5) is 4.34. The molecule has 1 aromatic rings. The lowest BCUT2D eigenvalue weighted by Gasteiger charge is -2.40. The molecule has 1 aliphatic rings. The lowest BCUT2D eigenvalue weighted by Crippen LogP contribution is -2.47. The number of ether oxygens (including phenoxy) is 3. The first kappa shape index (κ1) is 14.1. The number of pyridine rings is 1. The van der Waals surface area contributed by atoms with Gasteiger partial charge in [0.05, 0.1) is 25.5 Å². The van der Waals surface area contributed by atoms with Crippen LogP contribution in [0.1, 0.15) is 25.0 Å². The van der Waals surface area contributed by atoms with Crippen molar-refractivity contribution in [3.8, 4) is 11.5 Å². The third kappa shape index (κ3) is 2.98. The molecule has 19 heavy (non-hydrogen) atoms. The molecule has 106 valence electrons. The molecule has 0 bridgehead atoms.